The molecule has 6 aliphatic carbocycles. The quantitative estimate of drug-likeness (QED) is 0.0543. The number of aliphatic hydroxyl groups excluding tert-OH is 9. The van der Waals surface area contributed by atoms with Crippen molar-refractivity contribution in [2.75, 3.05) is 89.9 Å². The van der Waals surface area contributed by atoms with Crippen LogP contribution in [0, 0.1) is 23.7 Å². The second-order valence-corrected chi connectivity index (χ2v) is 31.2. The number of hydrogen-bond donors (Lipinski definition) is 19. The summed E-state index contributed by atoms with van der Waals surface area (Å²) in [4.78, 5) is 138. The molecule has 3 fully saturated rings. The number of hydrogen-bond acceptors (Lipinski definition) is 32. The lowest BCUT2D eigenvalue weighted by Crippen LogP contribution is -2.65. The molecule has 0 aromatic heterocycles. The molecule has 600 valence electrons. The highest BCUT2D eigenvalue weighted by Crippen LogP contribution is 2.58. The molecule has 2 aromatic carbocycles. The number of carboxylic acids is 2. The van der Waals surface area contributed by atoms with E-state index in [0.29, 0.717) is 22.5 Å². The Morgan fingerprint density at radius 1 is 0.578 bits per heavy atom. The number of Topliss-reactive ketones (excluding diaryl/α,β-unsaturated/α-hetero) is 5. The topological polar surface area (TPSA) is 578 Å². The molecule has 2 heterocycles. The second kappa shape index (κ2) is 31.0. The van der Waals surface area contributed by atoms with Crippen molar-refractivity contribution in [3.63, 3.8) is 0 Å². The number of amides is 3. The third-order valence-electron chi connectivity index (χ3n) is 20.6. The fraction of sp³-hybridized carbons (Fsp3) is 0.583. The van der Waals surface area contributed by atoms with Gasteiger partial charge < -0.3 is 127 Å². The SMILES string of the molecule is C.CC(=O)C1=C(O)[C@@]2(O)C(O[C@@H]3O[C@H](C(=O)O)[C@@H](O)[C@H](O)[C@H]3O)=C3C(=O)c4c(O)c(NC(=O)CNC(C)(C)C)cc(N(C)C)c4C[C@H]3C[C@H]2[C@@H](N(C)C)C1=O.CN(C)c1cc(NC(=O)CNC(C)(C)C)c(O[C@@H]2O[C@H](C(=O)O)[C@@H](O)[C@H](O)[C@H]2O)c2c1C[C@H]1C[C@H]3[C@@H](N(C)C)C(=O)C(C(N)=O)=C(O)[C@@]3(O)C(=O)C1=C2O. The number of ketones is 5. The largest absolute Gasteiger partial charge is 0.508 e. The van der Waals surface area contributed by atoms with Crippen LogP contribution in [0.5, 0.6) is 11.5 Å². The molecule has 2 saturated heterocycles. The van der Waals surface area contributed by atoms with Crippen molar-refractivity contribution in [1.82, 2.24) is 20.4 Å². The number of ether oxygens (including phenoxy) is 4. The number of nitrogens with zero attached hydrogens (tertiary/aromatic N) is 4. The first-order chi connectivity index (χ1) is 49.9. The molecule has 0 unspecified atom stereocenters. The summed E-state index contributed by atoms with van der Waals surface area (Å²) in [6.07, 6.45) is -21.7. The molecule has 20 N–H and O–H groups in total. The Labute approximate surface area is 625 Å². The maximum atomic E-state index is 14.9. The maximum absolute atomic E-state index is 14.9. The first-order valence-electron chi connectivity index (χ1n) is 34.4. The summed E-state index contributed by atoms with van der Waals surface area (Å²) in [6, 6.07) is 0.382. The minimum absolute atomic E-state index is 0. The Kier molecular flexibility index (Phi) is 24.3. The number of fused-ring (bicyclic) bond motifs is 6. The van der Waals surface area contributed by atoms with Crippen molar-refractivity contribution in [1.29, 1.82) is 0 Å². The Bertz CT molecular complexity index is 4230. The van der Waals surface area contributed by atoms with E-state index in [1.807, 2.05) is 41.5 Å². The van der Waals surface area contributed by atoms with Crippen molar-refractivity contribution in [3.8, 4) is 11.5 Å². The Morgan fingerprint density at radius 3 is 1.40 bits per heavy atom. The van der Waals surface area contributed by atoms with Crippen LogP contribution < -0.4 is 41.5 Å². The lowest BCUT2D eigenvalue weighted by atomic mass is 9.57. The number of benzene rings is 2. The molecular formula is C72H99N9O28. The zero-order valence-corrected chi connectivity index (χ0v) is 62.0. The van der Waals surface area contributed by atoms with Gasteiger partial charge in [-0.3, -0.25) is 48.2 Å². The number of allylic oxidation sites excluding steroid dienone is 1. The van der Waals surface area contributed by atoms with Gasteiger partial charge in [-0.15, -0.1) is 0 Å². The lowest BCUT2D eigenvalue weighted by molar-refractivity contribution is -0.291. The number of carbonyl (C=O) groups excluding carboxylic acids is 8. The molecule has 0 spiro atoms. The van der Waals surface area contributed by atoms with E-state index in [4.69, 9.17) is 24.7 Å². The molecule has 109 heavy (non-hydrogen) atoms. The third kappa shape index (κ3) is 15.2. The maximum Gasteiger partial charge on any atom is 0.335 e. The van der Waals surface area contributed by atoms with Crippen molar-refractivity contribution in [2.45, 2.75) is 177 Å². The van der Waals surface area contributed by atoms with Crippen LogP contribution in [0.15, 0.2) is 51.7 Å². The average molecular weight is 1540 g/mol. The number of rotatable bonds is 18. The molecule has 37 heteroatoms. The summed E-state index contributed by atoms with van der Waals surface area (Å²) in [6.45, 7) is 11.6. The average Bonchev–Trinajstić information content (AvgIpc) is 0.700. The van der Waals surface area contributed by atoms with Crippen molar-refractivity contribution in [2.24, 2.45) is 29.4 Å². The number of phenols is 1. The zero-order valence-electron chi connectivity index (χ0n) is 62.0. The van der Waals surface area contributed by atoms with Crippen LogP contribution in [0.4, 0.5) is 22.7 Å². The minimum Gasteiger partial charge on any atom is -0.508 e. The number of aliphatic hydroxyl groups is 11. The molecule has 18 atom stereocenters. The number of aromatic hydroxyl groups is 1. The minimum atomic E-state index is -2.90. The summed E-state index contributed by atoms with van der Waals surface area (Å²) in [5.74, 6) is -20.5. The van der Waals surface area contributed by atoms with Crippen LogP contribution in [0.2, 0.25) is 0 Å². The van der Waals surface area contributed by atoms with Crippen LogP contribution in [-0.2, 0) is 70.2 Å². The van der Waals surface area contributed by atoms with Gasteiger partial charge in [-0.25, -0.2) is 9.59 Å². The predicted octanol–water partition coefficient (Wildman–Crippen LogP) is -2.47. The van der Waals surface area contributed by atoms with Gasteiger partial charge in [-0.2, -0.15) is 0 Å². The van der Waals surface area contributed by atoms with Crippen LogP contribution >= 0.6 is 0 Å². The van der Waals surface area contributed by atoms with Crippen molar-refractivity contribution >= 4 is 87.1 Å². The summed E-state index contributed by atoms with van der Waals surface area (Å²) in [5, 5.41) is 166. The van der Waals surface area contributed by atoms with Gasteiger partial charge in [-0.05, 0) is 137 Å². The molecule has 2 aliphatic heterocycles. The van der Waals surface area contributed by atoms with Gasteiger partial charge in [-0.1, -0.05) is 7.43 Å². The van der Waals surface area contributed by atoms with E-state index in [0.717, 1.165) is 6.92 Å². The van der Waals surface area contributed by atoms with E-state index in [1.54, 1.807) is 38.0 Å². The number of nitrogens with two attached hydrogens (primary N) is 1. The summed E-state index contributed by atoms with van der Waals surface area (Å²) in [7, 11) is 12.6. The van der Waals surface area contributed by atoms with Gasteiger partial charge in [0.25, 0.3) is 5.91 Å². The van der Waals surface area contributed by atoms with E-state index < -0.39 is 229 Å². The molecule has 1 saturated carbocycles. The number of aliphatic carboxylic acids is 2. The molecule has 3 amide bonds. The summed E-state index contributed by atoms with van der Waals surface area (Å²) in [5.41, 5.74) is -3.28. The normalized spacial score (nSPS) is 30.8. The number of likely N-dealkylation sites (N-methyl/N-ethyl adjacent to an activating group) is 2. The molecule has 2 aromatic rings. The number of carboxylic acid groups (broad SMARTS) is 2. The van der Waals surface area contributed by atoms with Crippen LogP contribution in [0.3, 0.4) is 0 Å². The molecule has 0 radical (unpaired) electrons. The molecule has 8 aliphatic rings. The zero-order chi connectivity index (χ0) is 81.0. The Balaban J connectivity index is 0.000000272. The Hall–Kier alpha value is -9.06. The van der Waals surface area contributed by atoms with Crippen LogP contribution in [0.1, 0.15) is 95.8 Å². The first-order valence-corrected chi connectivity index (χ1v) is 34.4. The third-order valence-corrected chi connectivity index (χ3v) is 20.6. The van der Waals surface area contributed by atoms with Gasteiger partial charge >= 0.3 is 11.9 Å². The number of phenolic OH excluding ortho intramolecular Hbond substituents is 1. The van der Waals surface area contributed by atoms with Gasteiger partial charge in [0.1, 0.15) is 70.8 Å². The smallest absolute Gasteiger partial charge is 0.335 e. The molecule has 0 bridgehead atoms. The van der Waals surface area contributed by atoms with Crippen molar-refractivity contribution < 1.29 is 138 Å². The van der Waals surface area contributed by atoms with E-state index in [-0.39, 0.29) is 74.3 Å². The number of nitrogens with one attached hydrogen (secondary N) is 4. The Morgan fingerprint density at radius 2 is 0.982 bits per heavy atom. The number of primary amides is 1. The van der Waals surface area contributed by atoms with E-state index in [2.05, 4.69) is 21.3 Å². The van der Waals surface area contributed by atoms with Crippen molar-refractivity contribution in [3.05, 3.63) is 74.0 Å². The number of anilines is 4. The predicted molar refractivity (Wildman–Crippen MR) is 384 cm³/mol. The van der Waals surface area contributed by atoms with Gasteiger partial charge in [0, 0.05) is 73.6 Å². The van der Waals surface area contributed by atoms with E-state index in [9.17, 15) is 119 Å². The van der Waals surface area contributed by atoms with Gasteiger partial charge in [0.05, 0.1) is 47.7 Å². The van der Waals surface area contributed by atoms with E-state index in [1.165, 1.54) is 50.1 Å². The van der Waals surface area contributed by atoms with E-state index >= 15 is 0 Å². The fourth-order valence-corrected chi connectivity index (χ4v) is 15.5. The lowest BCUT2D eigenvalue weighted by Gasteiger charge is -2.52. The highest BCUT2D eigenvalue weighted by molar-refractivity contribution is 6.25. The monoisotopic (exact) mass is 1540 g/mol. The molecule has 10 rings (SSSR count). The summed E-state index contributed by atoms with van der Waals surface area (Å²) < 4.78 is 22.8. The first kappa shape index (κ1) is 85.5. The molecule has 37 nitrogen and oxygen atoms in total. The highest BCUT2D eigenvalue weighted by atomic mass is 16.7. The van der Waals surface area contributed by atoms with Gasteiger partial charge in [0.2, 0.25) is 30.2 Å². The summed E-state index contributed by atoms with van der Waals surface area (Å²) >= 11 is 0. The fourth-order valence-electron chi connectivity index (χ4n) is 15.5. The molecular weight excluding hydrogens is 1440 g/mol. The number of carbonyl (C=O) groups is 10. The van der Waals surface area contributed by atoms with Gasteiger partial charge in [0.15, 0.2) is 58.0 Å². The highest BCUT2D eigenvalue weighted by Gasteiger charge is 2.67. The van der Waals surface area contributed by atoms with Crippen LogP contribution in [0.25, 0.3) is 5.76 Å². The van der Waals surface area contributed by atoms with Crippen LogP contribution in [-0.4, -0.2) is 305 Å². The second-order valence-electron chi connectivity index (χ2n) is 31.2. The standard InChI is InChI=1S/C36H48N4O14.C35H47N5O14.CH4/c1-13(41)20-26(45)23(40(7)8)16-10-14-9-15-18(39(5)6)11-17(38-19(42)12-37-35(2,3)4)24(43)22(15)25(44)21(14)32(36(16,52)31(20)49)54-34-29(48)27(46)28(47)30(53-34)33(50)51;1-34(2,3)37-11-17(41)38-15-10-16(39(4)5)13-8-12-9-14-21(40(6)7)23(43)20(31(36)49)30(48)35(14,52)29(47)18(12)22(42)19(13)27(15)53-33-26(46)24(44)25(45)28(54-33)32(50)51;/h11,14,16,23,27-30,34,37,43,46-49,52H,9-10,12H2,1-8H3,(H,38,42)(H,50,51);10,12,14,21,24-26,28,33,37,42,44-46,48,52H,8-9,11H2,1-7H3,(H2,36,49)(H,38,41)(H,50,51);1H4/t14-,16-,23+,27-,28-,29+,30-,34-,36+;12-,14-,21+,24-,25-,26+,28-,33+,35-;/m00./s1.